The molecule has 3 heteroatoms. The molecule has 0 saturated heterocycles. The Morgan fingerprint density at radius 3 is 2.43 bits per heavy atom. The first-order valence-electron chi connectivity index (χ1n) is 4.49. The lowest BCUT2D eigenvalue weighted by Crippen LogP contribution is -2.03. The minimum absolute atomic E-state index is 0.512. The van der Waals surface area contributed by atoms with Crippen LogP contribution >= 0.6 is 0 Å². The SMILES string of the molecule is COc1cc(C)c(C)cc1C(O)CF. The summed E-state index contributed by atoms with van der Waals surface area (Å²) in [7, 11) is 1.51. The number of hydrogen-bond donors (Lipinski definition) is 1. The monoisotopic (exact) mass is 198 g/mol. The zero-order chi connectivity index (χ0) is 10.7. The molecule has 0 amide bonds. The Labute approximate surface area is 83.3 Å². The van der Waals surface area contributed by atoms with Gasteiger partial charge in [-0.3, -0.25) is 0 Å². The smallest absolute Gasteiger partial charge is 0.125 e. The highest BCUT2D eigenvalue weighted by Crippen LogP contribution is 2.28. The lowest BCUT2D eigenvalue weighted by Gasteiger charge is -2.14. The van der Waals surface area contributed by atoms with Crippen molar-refractivity contribution in [3.05, 3.63) is 28.8 Å². The van der Waals surface area contributed by atoms with Crippen LogP contribution in [0.15, 0.2) is 12.1 Å². The van der Waals surface area contributed by atoms with Crippen molar-refractivity contribution in [1.29, 1.82) is 0 Å². The van der Waals surface area contributed by atoms with E-state index in [2.05, 4.69) is 0 Å². The summed E-state index contributed by atoms with van der Waals surface area (Å²) in [6.45, 7) is 3.07. The van der Waals surface area contributed by atoms with E-state index >= 15 is 0 Å². The number of halogens is 1. The van der Waals surface area contributed by atoms with Crippen LogP contribution in [0.4, 0.5) is 4.39 Å². The summed E-state index contributed by atoms with van der Waals surface area (Å²) >= 11 is 0. The maximum Gasteiger partial charge on any atom is 0.125 e. The fourth-order valence-corrected chi connectivity index (χ4v) is 1.33. The minimum Gasteiger partial charge on any atom is -0.496 e. The van der Waals surface area contributed by atoms with E-state index in [9.17, 15) is 9.50 Å². The third-order valence-electron chi connectivity index (χ3n) is 2.35. The lowest BCUT2D eigenvalue weighted by molar-refractivity contribution is 0.138. The Kier molecular flexibility index (Phi) is 3.47. The molecule has 0 heterocycles. The molecule has 0 radical (unpaired) electrons. The predicted molar refractivity (Wildman–Crippen MR) is 53.4 cm³/mol. The quantitative estimate of drug-likeness (QED) is 0.807. The Bertz CT molecular complexity index is 323. The number of rotatable bonds is 3. The Morgan fingerprint density at radius 2 is 1.93 bits per heavy atom. The number of aryl methyl sites for hydroxylation is 2. The van der Waals surface area contributed by atoms with Gasteiger partial charge in [0, 0.05) is 5.56 Å². The van der Waals surface area contributed by atoms with Gasteiger partial charge in [-0.05, 0) is 37.1 Å². The molecule has 0 bridgehead atoms. The Balaban J connectivity index is 3.19. The first-order chi connectivity index (χ1) is 6.60. The second kappa shape index (κ2) is 4.42. The van der Waals surface area contributed by atoms with E-state index in [1.165, 1.54) is 7.11 Å². The molecular formula is C11H15FO2. The van der Waals surface area contributed by atoms with Gasteiger partial charge >= 0.3 is 0 Å². The molecule has 0 fully saturated rings. The highest BCUT2D eigenvalue weighted by Gasteiger charge is 2.14. The molecule has 1 rings (SSSR count). The molecule has 1 N–H and O–H groups in total. The number of alkyl halides is 1. The minimum atomic E-state index is -1.09. The first kappa shape index (κ1) is 11.0. The molecule has 0 spiro atoms. The Hall–Kier alpha value is -1.09. The topological polar surface area (TPSA) is 29.5 Å². The van der Waals surface area contributed by atoms with Crippen molar-refractivity contribution in [2.24, 2.45) is 0 Å². The van der Waals surface area contributed by atoms with Gasteiger partial charge in [-0.1, -0.05) is 0 Å². The molecule has 1 atom stereocenters. The molecule has 0 saturated carbocycles. The predicted octanol–water partition coefficient (Wildman–Crippen LogP) is 2.31. The molecular weight excluding hydrogens is 183 g/mol. The molecule has 14 heavy (non-hydrogen) atoms. The van der Waals surface area contributed by atoms with Gasteiger partial charge in [-0.15, -0.1) is 0 Å². The van der Waals surface area contributed by atoms with Crippen LogP contribution in [0.2, 0.25) is 0 Å². The van der Waals surface area contributed by atoms with Crippen molar-refractivity contribution in [3.63, 3.8) is 0 Å². The van der Waals surface area contributed by atoms with Crippen LogP contribution in [0.5, 0.6) is 5.75 Å². The maximum atomic E-state index is 12.3. The number of hydrogen-bond acceptors (Lipinski definition) is 2. The lowest BCUT2D eigenvalue weighted by atomic mass is 10.0. The van der Waals surface area contributed by atoms with E-state index in [1.54, 1.807) is 6.07 Å². The summed E-state index contributed by atoms with van der Waals surface area (Å²) in [5.74, 6) is 0.540. The average molecular weight is 198 g/mol. The van der Waals surface area contributed by atoms with Gasteiger partial charge in [0.15, 0.2) is 0 Å². The maximum absolute atomic E-state index is 12.3. The van der Waals surface area contributed by atoms with Crippen LogP contribution in [0.25, 0.3) is 0 Å². The van der Waals surface area contributed by atoms with Gasteiger partial charge in [0.2, 0.25) is 0 Å². The normalized spacial score (nSPS) is 12.6. The molecule has 1 aromatic rings. The van der Waals surface area contributed by atoms with Crippen LogP contribution in [0.1, 0.15) is 22.8 Å². The van der Waals surface area contributed by atoms with Gasteiger partial charge in [0.05, 0.1) is 7.11 Å². The zero-order valence-corrected chi connectivity index (χ0v) is 8.67. The van der Waals surface area contributed by atoms with Gasteiger partial charge in [-0.2, -0.15) is 0 Å². The fourth-order valence-electron chi connectivity index (χ4n) is 1.33. The second-order valence-corrected chi connectivity index (χ2v) is 3.35. The Morgan fingerprint density at radius 1 is 1.36 bits per heavy atom. The van der Waals surface area contributed by atoms with E-state index in [0.29, 0.717) is 11.3 Å². The summed E-state index contributed by atoms with van der Waals surface area (Å²) in [5.41, 5.74) is 2.60. The zero-order valence-electron chi connectivity index (χ0n) is 8.67. The summed E-state index contributed by atoms with van der Waals surface area (Å²) in [5, 5.41) is 9.40. The summed E-state index contributed by atoms with van der Waals surface area (Å²) in [6, 6.07) is 3.57. The summed E-state index contributed by atoms with van der Waals surface area (Å²) < 4.78 is 17.4. The molecule has 2 nitrogen and oxygen atoms in total. The van der Waals surface area contributed by atoms with Gasteiger partial charge in [0.1, 0.15) is 18.5 Å². The molecule has 78 valence electrons. The number of aliphatic hydroxyl groups is 1. The summed E-state index contributed by atoms with van der Waals surface area (Å²) in [4.78, 5) is 0. The highest BCUT2D eigenvalue weighted by atomic mass is 19.1. The van der Waals surface area contributed by atoms with Crippen molar-refractivity contribution in [1.82, 2.24) is 0 Å². The first-order valence-corrected chi connectivity index (χ1v) is 4.49. The van der Waals surface area contributed by atoms with Crippen LogP contribution in [-0.2, 0) is 0 Å². The van der Waals surface area contributed by atoms with Crippen molar-refractivity contribution < 1.29 is 14.2 Å². The van der Waals surface area contributed by atoms with E-state index in [4.69, 9.17) is 4.74 Å². The standard InChI is InChI=1S/C11H15FO2/c1-7-4-9(10(13)6-12)11(14-3)5-8(7)2/h4-5,10,13H,6H2,1-3H3. The molecule has 1 aromatic carbocycles. The average Bonchev–Trinajstić information content (AvgIpc) is 2.20. The van der Waals surface area contributed by atoms with Crippen LogP contribution in [0.3, 0.4) is 0 Å². The van der Waals surface area contributed by atoms with Gasteiger partial charge in [0.25, 0.3) is 0 Å². The largest absolute Gasteiger partial charge is 0.496 e. The van der Waals surface area contributed by atoms with Crippen LogP contribution in [0, 0.1) is 13.8 Å². The molecule has 0 aromatic heterocycles. The number of methoxy groups -OCH3 is 1. The van der Waals surface area contributed by atoms with E-state index < -0.39 is 12.8 Å². The molecule has 0 aliphatic rings. The number of aliphatic hydroxyl groups excluding tert-OH is 1. The van der Waals surface area contributed by atoms with Crippen molar-refractivity contribution in [2.45, 2.75) is 20.0 Å². The van der Waals surface area contributed by atoms with Crippen molar-refractivity contribution in [2.75, 3.05) is 13.8 Å². The van der Waals surface area contributed by atoms with E-state index in [1.807, 2.05) is 19.9 Å². The van der Waals surface area contributed by atoms with Crippen LogP contribution < -0.4 is 4.74 Å². The highest BCUT2D eigenvalue weighted by molar-refractivity contribution is 5.42. The summed E-state index contributed by atoms with van der Waals surface area (Å²) in [6.07, 6.45) is -1.09. The van der Waals surface area contributed by atoms with Gasteiger partial charge < -0.3 is 9.84 Å². The van der Waals surface area contributed by atoms with Crippen molar-refractivity contribution in [3.8, 4) is 5.75 Å². The molecule has 0 aliphatic carbocycles. The van der Waals surface area contributed by atoms with Crippen molar-refractivity contribution >= 4 is 0 Å². The van der Waals surface area contributed by atoms with Crippen LogP contribution in [-0.4, -0.2) is 18.9 Å². The molecule has 0 aliphatic heterocycles. The number of benzene rings is 1. The van der Waals surface area contributed by atoms with Gasteiger partial charge in [-0.25, -0.2) is 4.39 Å². The molecule has 1 unspecified atom stereocenters. The van der Waals surface area contributed by atoms with E-state index in [-0.39, 0.29) is 0 Å². The second-order valence-electron chi connectivity index (χ2n) is 3.35. The number of ether oxygens (including phenoxy) is 1. The fraction of sp³-hybridized carbons (Fsp3) is 0.455. The van der Waals surface area contributed by atoms with E-state index in [0.717, 1.165) is 11.1 Å². The third-order valence-corrected chi connectivity index (χ3v) is 2.35. The third kappa shape index (κ3) is 2.04.